The molecule has 2 aromatic rings. The van der Waals surface area contributed by atoms with Gasteiger partial charge in [0.1, 0.15) is 0 Å². The number of aliphatic hydroxyl groups is 1. The summed E-state index contributed by atoms with van der Waals surface area (Å²) < 4.78 is 16.7. The number of carbonyl (C=O) groups excluding carboxylic acids is 2. The summed E-state index contributed by atoms with van der Waals surface area (Å²) in [5.74, 6) is -0.400. The van der Waals surface area contributed by atoms with E-state index in [1.807, 2.05) is 20.8 Å². The number of rotatable bonds is 10. The zero-order valence-electron chi connectivity index (χ0n) is 18.1. The third-order valence-corrected chi connectivity index (χ3v) is 5.64. The number of ketones is 1. The molecule has 8 heteroatoms. The largest absolute Gasteiger partial charge is 0.503 e. The quantitative estimate of drug-likeness (QED) is 0.553. The van der Waals surface area contributed by atoms with Crippen molar-refractivity contribution in [3.8, 4) is 11.5 Å². The van der Waals surface area contributed by atoms with Crippen molar-refractivity contribution >= 4 is 23.0 Å². The summed E-state index contributed by atoms with van der Waals surface area (Å²) in [6.07, 6.45) is -0.0452. The van der Waals surface area contributed by atoms with E-state index in [0.29, 0.717) is 28.5 Å². The first kappa shape index (κ1) is 22.8. The van der Waals surface area contributed by atoms with Crippen LogP contribution in [0.5, 0.6) is 11.5 Å². The van der Waals surface area contributed by atoms with E-state index in [9.17, 15) is 14.7 Å². The molecule has 1 N–H and O–H groups in total. The lowest BCUT2D eigenvalue weighted by Crippen LogP contribution is -2.34. The van der Waals surface area contributed by atoms with Crippen LogP contribution in [0, 0.1) is 0 Å². The number of benzene rings is 1. The average Bonchev–Trinajstić information content (AvgIpc) is 3.35. The highest BCUT2D eigenvalue weighted by Crippen LogP contribution is 2.42. The number of hydrogen-bond donors (Lipinski definition) is 1. The molecule has 3 rings (SSSR count). The van der Waals surface area contributed by atoms with E-state index in [4.69, 9.17) is 14.2 Å². The topological polar surface area (TPSA) is 85.3 Å². The van der Waals surface area contributed by atoms with E-state index >= 15 is 0 Å². The molecule has 0 aliphatic carbocycles. The summed E-state index contributed by atoms with van der Waals surface area (Å²) in [7, 11) is 1.53. The Morgan fingerprint density at radius 2 is 2.03 bits per heavy atom. The SMILES string of the molecule is CCOc1cc(C2C(C(=O)c3cccs3)=C(O)C(=O)N2CCOC)ccc1OC(C)C. The fraction of sp³-hybridized carbons (Fsp3) is 0.391. The van der Waals surface area contributed by atoms with Crippen LogP contribution in [-0.4, -0.2) is 54.7 Å². The van der Waals surface area contributed by atoms with Crippen LogP contribution < -0.4 is 9.47 Å². The Labute approximate surface area is 185 Å². The van der Waals surface area contributed by atoms with Crippen LogP contribution >= 0.6 is 11.3 Å². The van der Waals surface area contributed by atoms with E-state index in [1.54, 1.807) is 35.7 Å². The van der Waals surface area contributed by atoms with Crippen molar-refractivity contribution in [3.63, 3.8) is 0 Å². The maximum absolute atomic E-state index is 13.2. The van der Waals surface area contributed by atoms with Gasteiger partial charge in [-0.05, 0) is 49.9 Å². The number of methoxy groups -OCH3 is 1. The highest BCUT2D eigenvalue weighted by atomic mass is 32.1. The van der Waals surface area contributed by atoms with Crippen molar-refractivity contribution in [2.75, 3.05) is 26.9 Å². The molecule has 1 aliphatic heterocycles. The molecule has 0 radical (unpaired) electrons. The lowest BCUT2D eigenvalue weighted by Gasteiger charge is -2.27. The highest BCUT2D eigenvalue weighted by molar-refractivity contribution is 7.12. The molecule has 1 aromatic heterocycles. The zero-order chi connectivity index (χ0) is 22.5. The fourth-order valence-corrected chi connectivity index (χ4v) is 4.19. The van der Waals surface area contributed by atoms with Crippen molar-refractivity contribution in [3.05, 3.63) is 57.5 Å². The van der Waals surface area contributed by atoms with Gasteiger partial charge in [0.25, 0.3) is 5.91 Å². The molecule has 0 bridgehead atoms. The van der Waals surface area contributed by atoms with E-state index in [-0.39, 0.29) is 30.6 Å². The predicted octanol–water partition coefficient (Wildman–Crippen LogP) is 4.16. The molecular weight excluding hydrogens is 418 g/mol. The monoisotopic (exact) mass is 445 g/mol. The molecule has 1 aromatic carbocycles. The second-order valence-electron chi connectivity index (χ2n) is 7.27. The van der Waals surface area contributed by atoms with Gasteiger partial charge < -0.3 is 24.2 Å². The molecule has 31 heavy (non-hydrogen) atoms. The summed E-state index contributed by atoms with van der Waals surface area (Å²) in [6.45, 7) is 6.63. The van der Waals surface area contributed by atoms with Gasteiger partial charge in [0.05, 0.1) is 35.8 Å². The smallest absolute Gasteiger partial charge is 0.290 e. The van der Waals surface area contributed by atoms with E-state index in [1.165, 1.54) is 23.3 Å². The summed E-state index contributed by atoms with van der Waals surface area (Å²) in [4.78, 5) is 28.0. The molecule has 1 amide bonds. The standard InChI is InChI=1S/C23H27NO6S/c1-5-29-17-13-15(8-9-16(17)30-14(2)3)20-19(21(25)18-7-6-12-31-18)22(26)23(27)24(20)10-11-28-4/h6-9,12-14,20,26H,5,10-11H2,1-4H3. The number of Topliss-reactive ketones (excluding diaryl/α,β-unsaturated/α-hetero) is 1. The second kappa shape index (κ2) is 9.98. The summed E-state index contributed by atoms with van der Waals surface area (Å²) in [5.41, 5.74) is 0.705. The van der Waals surface area contributed by atoms with Crippen LogP contribution in [0.2, 0.25) is 0 Å². The van der Waals surface area contributed by atoms with E-state index < -0.39 is 17.7 Å². The number of amides is 1. The van der Waals surface area contributed by atoms with Crippen LogP contribution in [0.4, 0.5) is 0 Å². The van der Waals surface area contributed by atoms with Gasteiger partial charge in [-0.25, -0.2) is 0 Å². The third-order valence-electron chi connectivity index (χ3n) is 4.78. The van der Waals surface area contributed by atoms with Gasteiger partial charge in [-0.15, -0.1) is 11.3 Å². The van der Waals surface area contributed by atoms with Crippen LogP contribution in [0.25, 0.3) is 0 Å². The molecule has 7 nitrogen and oxygen atoms in total. The van der Waals surface area contributed by atoms with Gasteiger partial charge in [-0.2, -0.15) is 0 Å². The minimum Gasteiger partial charge on any atom is -0.503 e. The van der Waals surface area contributed by atoms with Crippen molar-refractivity contribution < 1.29 is 28.9 Å². The van der Waals surface area contributed by atoms with Crippen molar-refractivity contribution in [2.45, 2.75) is 32.9 Å². The van der Waals surface area contributed by atoms with Crippen molar-refractivity contribution in [2.24, 2.45) is 0 Å². The van der Waals surface area contributed by atoms with Crippen molar-refractivity contribution in [1.82, 2.24) is 4.90 Å². The van der Waals surface area contributed by atoms with Gasteiger partial charge in [0.15, 0.2) is 17.3 Å². The number of carbonyl (C=O) groups is 2. The molecular formula is C23H27NO6S. The maximum Gasteiger partial charge on any atom is 0.290 e. The Hall–Kier alpha value is -2.84. The Balaban J connectivity index is 2.09. The molecule has 0 saturated carbocycles. The molecule has 1 atom stereocenters. The maximum atomic E-state index is 13.2. The molecule has 166 valence electrons. The number of aliphatic hydroxyl groups excluding tert-OH is 1. The normalized spacial score (nSPS) is 16.4. The number of nitrogens with zero attached hydrogens (tertiary/aromatic N) is 1. The van der Waals surface area contributed by atoms with Gasteiger partial charge in [-0.3, -0.25) is 9.59 Å². The van der Waals surface area contributed by atoms with E-state index in [0.717, 1.165) is 0 Å². The Bertz CT molecular complexity index is 966. The Morgan fingerprint density at radius 1 is 1.26 bits per heavy atom. The van der Waals surface area contributed by atoms with Gasteiger partial charge in [0.2, 0.25) is 5.78 Å². The van der Waals surface area contributed by atoms with Crippen LogP contribution in [0.1, 0.15) is 42.0 Å². The zero-order valence-corrected chi connectivity index (χ0v) is 18.9. The highest BCUT2D eigenvalue weighted by Gasteiger charge is 2.44. The molecule has 0 saturated heterocycles. The Morgan fingerprint density at radius 3 is 2.65 bits per heavy atom. The van der Waals surface area contributed by atoms with Crippen LogP contribution in [-0.2, 0) is 9.53 Å². The predicted molar refractivity (Wildman–Crippen MR) is 118 cm³/mol. The summed E-state index contributed by atoms with van der Waals surface area (Å²) in [6, 6.07) is 8.00. The lowest BCUT2D eigenvalue weighted by atomic mass is 9.95. The average molecular weight is 446 g/mol. The van der Waals surface area contributed by atoms with Crippen LogP contribution in [0.15, 0.2) is 47.0 Å². The molecule has 1 aliphatic rings. The summed E-state index contributed by atoms with van der Waals surface area (Å²) in [5, 5.41) is 12.4. The van der Waals surface area contributed by atoms with Crippen molar-refractivity contribution in [1.29, 1.82) is 0 Å². The first-order valence-electron chi connectivity index (χ1n) is 10.1. The molecule has 0 spiro atoms. The van der Waals surface area contributed by atoms with Gasteiger partial charge in [-0.1, -0.05) is 12.1 Å². The minimum absolute atomic E-state index is 0.0452. The second-order valence-corrected chi connectivity index (χ2v) is 8.22. The first-order valence-corrected chi connectivity index (χ1v) is 11.0. The third kappa shape index (κ3) is 4.75. The molecule has 1 unspecified atom stereocenters. The molecule has 0 fully saturated rings. The molecule has 2 heterocycles. The van der Waals surface area contributed by atoms with Gasteiger partial charge >= 0.3 is 0 Å². The van der Waals surface area contributed by atoms with Gasteiger partial charge in [0, 0.05) is 13.7 Å². The minimum atomic E-state index is -0.760. The van der Waals surface area contributed by atoms with E-state index in [2.05, 4.69) is 0 Å². The number of thiophene rings is 1. The first-order chi connectivity index (χ1) is 14.9. The lowest BCUT2D eigenvalue weighted by molar-refractivity contribution is -0.130. The van der Waals surface area contributed by atoms with Crippen LogP contribution in [0.3, 0.4) is 0 Å². The summed E-state index contributed by atoms with van der Waals surface area (Å²) >= 11 is 1.26. The number of hydrogen-bond acceptors (Lipinski definition) is 7. The number of ether oxygens (including phenoxy) is 3. The Kier molecular flexibility index (Phi) is 7.35. The fourth-order valence-electron chi connectivity index (χ4n) is 3.51.